The van der Waals surface area contributed by atoms with Crippen molar-refractivity contribution < 1.29 is 5.11 Å². The van der Waals surface area contributed by atoms with Crippen LogP contribution in [0.3, 0.4) is 0 Å². The van der Waals surface area contributed by atoms with Gasteiger partial charge in [0, 0.05) is 0 Å². The molecule has 0 aliphatic heterocycles. The number of aromatic nitrogens is 4. The Balaban J connectivity index is 2.02. The van der Waals surface area contributed by atoms with Crippen LogP contribution in [0.4, 0.5) is 5.82 Å². The van der Waals surface area contributed by atoms with Crippen LogP contribution < -0.4 is 5.73 Å². The summed E-state index contributed by atoms with van der Waals surface area (Å²) in [6.07, 6.45) is 11.0. The average molecular weight is 305 g/mol. The minimum absolute atomic E-state index is 0.0227. The van der Waals surface area contributed by atoms with Gasteiger partial charge in [0.25, 0.3) is 0 Å². The number of aliphatic hydroxyl groups excluding tert-OH is 1. The van der Waals surface area contributed by atoms with Crippen LogP contribution in [-0.4, -0.2) is 30.7 Å². The maximum Gasteiger partial charge on any atom is 0.165 e. The van der Waals surface area contributed by atoms with Crippen LogP contribution in [0.15, 0.2) is 12.7 Å². The molecular formula is C16H27N5O. The summed E-state index contributed by atoms with van der Waals surface area (Å²) in [5, 5.41) is 10.1. The molecule has 3 N–H and O–H groups in total. The van der Waals surface area contributed by atoms with Crippen LogP contribution in [0.5, 0.6) is 0 Å². The maximum atomic E-state index is 10.1. The Morgan fingerprint density at radius 2 is 1.86 bits per heavy atom. The van der Waals surface area contributed by atoms with Crippen LogP contribution in [-0.2, 0) is 0 Å². The van der Waals surface area contributed by atoms with Crippen LogP contribution in [0.1, 0.15) is 64.8 Å². The Morgan fingerprint density at radius 1 is 1.14 bits per heavy atom. The number of anilines is 1. The standard InChI is InChI=1S/C16H27N5O/c1-3-4-5-6-7-8-9-13(12(2)22)21-11-20-14-15(17)18-10-19-16(14)21/h10-13,22H,3-9H2,1-2H3,(H2,17,18,19)/t12-,13-/m0/s1. The summed E-state index contributed by atoms with van der Waals surface area (Å²) in [4.78, 5) is 12.5. The molecule has 0 aromatic carbocycles. The smallest absolute Gasteiger partial charge is 0.165 e. The zero-order chi connectivity index (χ0) is 15.9. The number of rotatable bonds is 9. The van der Waals surface area contributed by atoms with Gasteiger partial charge in [0.05, 0.1) is 18.5 Å². The number of unbranched alkanes of at least 4 members (excludes halogenated alkanes) is 5. The Kier molecular flexibility index (Phi) is 6.12. The number of nitrogen functional groups attached to an aromatic ring is 1. The number of nitrogens with zero attached hydrogens (tertiary/aromatic N) is 4. The molecule has 2 atom stereocenters. The number of nitrogens with two attached hydrogens (primary N) is 1. The molecule has 0 aliphatic rings. The summed E-state index contributed by atoms with van der Waals surface area (Å²) in [6.45, 7) is 4.04. The van der Waals surface area contributed by atoms with Gasteiger partial charge in [0.2, 0.25) is 0 Å². The van der Waals surface area contributed by atoms with Crippen molar-refractivity contribution in [3.05, 3.63) is 12.7 Å². The van der Waals surface area contributed by atoms with E-state index in [0.717, 1.165) is 12.8 Å². The number of fused-ring (bicyclic) bond motifs is 1. The van der Waals surface area contributed by atoms with Gasteiger partial charge in [-0.3, -0.25) is 0 Å². The predicted octanol–water partition coefficient (Wildman–Crippen LogP) is 3.08. The van der Waals surface area contributed by atoms with Gasteiger partial charge >= 0.3 is 0 Å². The third-order valence-corrected chi connectivity index (χ3v) is 4.15. The number of hydrogen-bond acceptors (Lipinski definition) is 5. The highest BCUT2D eigenvalue weighted by atomic mass is 16.3. The molecule has 0 saturated heterocycles. The van der Waals surface area contributed by atoms with Crippen molar-refractivity contribution in [2.24, 2.45) is 0 Å². The van der Waals surface area contributed by atoms with Gasteiger partial charge < -0.3 is 15.4 Å². The highest BCUT2D eigenvalue weighted by Crippen LogP contribution is 2.25. The van der Waals surface area contributed by atoms with Crippen molar-refractivity contribution in [3.63, 3.8) is 0 Å². The van der Waals surface area contributed by atoms with Crippen molar-refractivity contribution in [1.82, 2.24) is 19.5 Å². The third kappa shape index (κ3) is 3.94. The van der Waals surface area contributed by atoms with E-state index < -0.39 is 6.10 Å². The lowest BCUT2D eigenvalue weighted by Gasteiger charge is -2.21. The van der Waals surface area contributed by atoms with Crippen molar-refractivity contribution >= 4 is 17.0 Å². The number of imidazole rings is 1. The summed E-state index contributed by atoms with van der Waals surface area (Å²) in [5.41, 5.74) is 7.13. The van der Waals surface area contributed by atoms with E-state index in [0.29, 0.717) is 17.0 Å². The number of aliphatic hydroxyl groups is 1. The molecule has 2 heterocycles. The number of hydrogen-bond donors (Lipinski definition) is 2. The van der Waals surface area contributed by atoms with Crippen molar-refractivity contribution in [2.75, 3.05) is 5.73 Å². The normalized spacial score (nSPS) is 14.3. The van der Waals surface area contributed by atoms with Gasteiger partial charge in [0.1, 0.15) is 11.8 Å². The first-order valence-corrected chi connectivity index (χ1v) is 8.26. The van der Waals surface area contributed by atoms with E-state index in [2.05, 4.69) is 21.9 Å². The van der Waals surface area contributed by atoms with Crippen molar-refractivity contribution in [2.45, 2.75) is 70.9 Å². The fraction of sp³-hybridized carbons (Fsp3) is 0.688. The fourth-order valence-electron chi connectivity index (χ4n) is 2.86. The van der Waals surface area contributed by atoms with Gasteiger partial charge in [-0.1, -0.05) is 45.4 Å². The molecule has 6 nitrogen and oxygen atoms in total. The van der Waals surface area contributed by atoms with E-state index in [4.69, 9.17) is 5.73 Å². The topological polar surface area (TPSA) is 89.8 Å². The lowest BCUT2D eigenvalue weighted by atomic mass is 10.0. The Labute approximate surface area is 131 Å². The summed E-state index contributed by atoms with van der Waals surface area (Å²) in [7, 11) is 0. The summed E-state index contributed by atoms with van der Waals surface area (Å²) >= 11 is 0. The van der Waals surface area contributed by atoms with Crippen molar-refractivity contribution in [1.29, 1.82) is 0 Å². The van der Waals surface area contributed by atoms with Gasteiger partial charge in [-0.25, -0.2) is 15.0 Å². The molecule has 2 aromatic heterocycles. The molecule has 0 bridgehead atoms. The molecule has 2 aromatic rings. The molecule has 0 spiro atoms. The Morgan fingerprint density at radius 3 is 2.59 bits per heavy atom. The third-order valence-electron chi connectivity index (χ3n) is 4.15. The maximum absolute atomic E-state index is 10.1. The second-order valence-corrected chi connectivity index (χ2v) is 5.95. The van der Waals surface area contributed by atoms with Crippen LogP contribution >= 0.6 is 0 Å². The van der Waals surface area contributed by atoms with Gasteiger partial charge in [0.15, 0.2) is 11.5 Å². The molecule has 0 unspecified atom stereocenters. The second kappa shape index (κ2) is 8.08. The van der Waals surface area contributed by atoms with Gasteiger partial charge in [-0.15, -0.1) is 0 Å². The lowest BCUT2D eigenvalue weighted by molar-refractivity contribution is 0.124. The highest BCUT2D eigenvalue weighted by molar-refractivity contribution is 5.81. The van der Waals surface area contributed by atoms with E-state index in [1.807, 2.05) is 11.5 Å². The minimum Gasteiger partial charge on any atom is -0.391 e. The van der Waals surface area contributed by atoms with E-state index >= 15 is 0 Å². The average Bonchev–Trinajstić information content (AvgIpc) is 2.91. The zero-order valence-electron chi connectivity index (χ0n) is 13.6. The highest BCUT2D eigenvalue weighted by Gasteiger charge is 2.20. The van der Waals surface area contributed by atoms with Crippen LogP contribution in [0.2, 0.25) is 0 Å². The van der Waals surface area contributed by atoms with E-state index in [9.17, 15) is 5.11 Å². The summed E-state index contributed by atoms with van der Waals surface area (Å²) in [6, 6.07) is -0.0227. The molecule has 0 amide bonds. The first kappa shape index (κ1) is 16.7. The Bertz CT molecular complexity index is 581. The largest absolute Gasteiger partial charge is 0.391 e. The molecule has 6 heteroatoms. The Hall–Kier alpha value is -1.69. The fourth-order valence-corrected chi connectivity index (χ4v) is 2.86. The molecule has 122 valence electrons. The van der Waals surface area contributed by atoms with Crippen molar-refractivity contribution in [3.8, 4) is 0 Å². The molecule has 0 fully saturated rings. The summed E-state index contributed by atoms with van der Waals surface area (Å²) in [5.74, 6) is 0.382. The van der Waals surface area contributed by atoms with Gasteiger partial charge in [-0.05, 0) is 13.3 Å². The van der Waals surface area contributed by atoms with Gasteiger partial charge in [-0.2, -0.15) is 0 Å². The summed E-state index contributed by atoms with van der Waals surface area (Å²) < 4.78 is 1.93. The molecule has 0 saturated carbocycles. The monoisotopic (exact) mass is 305 g/mol. The molecular weight excluding hydrogens is 278 g/mol. The quantitative estimate of drug-likeness (QED) is 0.695. The van der Waals surface area contributed by atoms with E-state index in [1.165, 1.54) is 38.4 Å². The molecule has 22 heavy (non-hydrogen) atoms. The minimum atomic E-state index is -0.454. The first-order valence-electron chi connectivity index (χ1n) is 8.26. The molecule has 0 radical (unpaired) electrons. The predicted molar refractivity (Wildman–Crippen MR) is 88.4 cm³/mol. The van der Waals surface area contributed by atoms with E-state index in [1.54, 1.807) is 6.33 Å². The van der Waals surface area contributed by atoms with E-state index in [-0.39, 0.29) is 6.04 Å². The second-order valence-electron chi connectivity index (χ2n) is 5.95. The first-order chi connectivity index (χ1) is 10.6. The SMILES string of the molecule is CCCCCCCC[C@@H]([C@H](C)O)n1cnc2c(N)ncnc21. The molecule has 0 aliphatic carbocycles. The molecule has 2 rings (SSSR count). The van der Waals surface area contributed by atoms with Crippen LogP contribution in [0, 0.1) is 0 Å². The zero-order valence-corrected chi connectivity index (χ0v) is 13.6. The lowest BCUT2D eigenvalue weighted by Crippen LogP contribution is -2.21. The van der Waals surface area contributed by atoms with Crippen LogP contribution in [0.25, 0.3) is 11.2 Å².